The maximum atomic E-state index is 6.05. The molecule has 6 heteroatoms. The van der Waals surface area contributed by atoms with Gasteiger partial charge in [0.15, 0.2) is 5.82 Å². The van der Waals surface area contributed by atoms with Gasteiger partial charge in [0.05, 0.1) is 10.7 Å². The SMILES string of the molecule is Cc1nc(C(N)c2csc(C(C)(C)C)n2)no1. The normalized spacial score (nSPS) is 13.9. The lowest BCUT2D eigenvalue weighted by molar-refractivity contribution is 0.385. The summed E-state index contributed by atoms with van der Waals surface area (Å²) in [5.41, 5.74) is 6.88. The Balaban J connectivity index is 2.26. The van der Waals surface area contributed by atoms with Crippen LogP contribution in [0.4, 0.5) is 0 Å². The molecule has 0 amide bonds. The van der Waals surface area contributed by atoms with E-state index in [1.807, 2.05) is 5.38 Å². The van der Waals surface area contributed by atoms with Crippen LogP contribution >= 0.6 is 11.3 Å². The summed E-state index contributed by atoms with van der Waals surface area (Å²) in [4.78, 5) is 8.66. The molecule has 0 aliphatic heterocycles. The highest BCUT2D eigenvalue weighted by Gasteiger charge is 2.22. The Morgan fingerprint density at radius 3 is 2.53 bits per heavy atom. The molecule has 0 bridgehead atoms. The topological polar surface area (TPSA) is 77.8 Å². The second kappa shape index (κ2) is 4.19. The average molecular weight is 252 g/mol. The number of aryl methyl sites for hydroxylation is 1. The molecule has 2 rings (SSSR count). The van der Waals surface area contributed by atoms with Gasteiger partial charge in [-0.3, -0.25) is 0 Å². The van der Waals surface area contributed by atoms with Gasteiger partial charge in [0.1, 0.15) is 6.04 Å². The second-order valence-electron chi connectivity index (χ2n) is 4.98. The van der Waals surface area contributed by atoms with Crippen molar-refractivity contribution in [2.75, 3.05) is 0 Å². The van der Waals surface area contributed by atoms with Gasteiger partial charge in [-0.15, -0.1) is 11.3 Å². The van der Waals surface area contributed by atoms with Gasteiger partial charge in [-0.2, -0.15) is 4.98 Å². The maximum absolute atomic E-state index is 6.05. The van der Waals surface area contributed by atoms with Crippen molar-refractivity contribution in [3.8, 4) is 0 Å². The smallest absolute Gasteiger partial charge is 0.223 e. The van der Waals surface area contributed by atoms with Crippen molar-refractivity contribution in [2.45, 2.75) is 39.2 Å². The fourth-order valence-corrected chi connectivity index (χ4v) is 2.29. The van der Waals surface area contributed by atoms with Gasteiger partial charge in [-0.05, 0) is 0 Å². The number of nitrogens with two attached hydrogens (primary N) is 1. The number of rotatable bonds is 2. The molecule has 2 N–H and O–H groups in total. The minimum Gasteiger partial charge on any atom is -0.340 e. The van der Waals surface area contributed by atoms with E-state index in [4.69, 9.17) is 10.3 Å². The van der Waals surface area contributed by atoms with E-state index in [9.17, 15) is 0 Å². The van der Waals surface area contributed by atoms with Crippen LogP contribution in [0.25, 0.3) is 0 Å². The first-order valence-corrected chi connectivity index (χ1v) is 6.27. The van der Waals surface area contributed by atoms with Crippen LogP contribution < -0.4 is 5.73 Å². The maximum Gasteiger partial charge on any atom is 0.223 e. The molecular formula is C11H16N4OS. The molecule has 17 heavy (non-hydrogen) atoms. The van der Waals surface area contributed by atoms with Gasteiger partial charge in [-0.1, -0.05) is 25.9 Å². The molecule has 0 radical (unpaired) electrons. The molecule has 0 aliphatic rings. The lowest BCUT2D eigenvalue weighted by atomic mass is 9.98. The Morgan fingerprint density at radius 2 is 2.06 bits per heavy atom. The van der Waals surface area contributed by atoms with Crippen molar-refractivity contribution in [2.24, 2.45) is 5.73 Å². The molecule has 1 atom stereocenters. The predicted octanol–water partition coefficient (Wildman–Crippen LogP) is 2.18. The Labute approximate surface area is 104 Å². The number of nitrogens with zero attached hydrogens (tertiary/aromatic N) is 3. The van der Waals surface area contributed by atoms with Gasteiger partial charge in [-0.25, -0.2) is 4.98 Å². The zero-order valence-electron chi connectivity index (χ0n) is 10.4. The summed E-state index contributed by atoms with van der Waals surface area (Å²) < 4.78 is 4.92. The van der Waals surface area contributed by atoms with Crippen molar-refractivity contribution in [3.05, 3.63) is 27.8 Å². The van der Waals surface area contributed by atoms with Crippen molar-refractivity contribution in [3.63, 3.8) is 0 Å². The first-order valence-electron chi connectivity index (χ1n) is 5.39. The standard InChI is InChI=1S/C11H16N4OS/c1-6-13-9(15-16-6)8(12)7-5-17-10(14-7)11(2,3)4/h5,8H,12H2,1-4H3. The first kappa shape index (κ1) is 12.2. The minimum absolute atomic E-state index is 0.0375. The first-order chi connectivity index (χ1) is 7.88. The fourth-order valence-electron chi connectivity index (χ4n) is 1.35. The largest absolute Gasteiger partial charge is 0.340 e. The van der Waals surface area contributed by atoms with Crippen LogP contribution in [-0.2, 0) is 5.41 Å². The van der Waals surface area contributed by atoms with E-state index in [0.717, 1.165) is 10.7 Å². The van der Waals surface area contributed by atoms with Crippen LogP contribution in [0, 0.1) is 6.92 Å². The van der Waals surface area contributed by atoms with Crippen LogP contribution in [-0.4, -0.2) is 15.1 Å². The summed E-state index contributed by atoms with van der Waals surface area (Å²) in [5.74, 6) is 0.995. The minimum atomic E-state index is -0.417. The Kier molecular flexibility index (Phi) is 3.01. The van der Waals surface area contributed by atoms with Crippen LogP contribution in [0.5, 0.6) is 0 Å². The second-order valence-corrected chi connectivity index (χ2v) is 5.83. The number of thiazole rings is 1. The van der Waals surface area contributed by atoms with Crippen LogP contribution in [0.1, 0.15) is 49.2 Å². The Morgan fingerprint density at radius 1 is 1.35 bits per heavy atom. The highest BCUT2D eigenvalue weighted by atomic mass is 32.1. The van der Waals surface area contributed by atoms with Gasteiger partial charge in [0.25, 0.3) is 0 Å². The summed E-state index contributed by atoms with van der Waals surface area (Å²) in [6, 6.07) is -0.417. The van der Waals surface area contributed by atoms with E-state index in [0.29, 0.717) is 11.7 Å². The summed E-state index contributed by atoms with van der Waals surface area (Å²) in [6.45, 7) is 8.11. The lowest BCUT2D eigenvalue weighted by Gasteiger charge is -2.13. The third-order valence-electron chi connectivity index (χ3n) is 2.30. The quantitative estimate of drug-likeness (QED) is 0.886. The fraction of sp³-hybridized carbons (Fsp3) is 0.545. The molecule has 0 aromatic carbocycles. The summed E-state index contributed by atoms with van der Waals surface area (Å²) in [6.07, 6.45) is 0. The summed E-state index contributed by atoms with van der Waals surface area (Å²) in [7, 11) is 0. The van der Waals surface area contributed by atoms with Crippen LogP contribution in [0.2, 0.25) is 0 Å². The van der Waals surface area contributed by atoms with E-state index in [1.165, 1.54) is 0 Å². The van der Waals surface area contributed by atoms with Crippen LogP contribution in [0.3, 0.4) is 0 Å². The molecule has 2 aromatic rings. The molecule has 92 valence electrons. The van der Waals surface area contributed by atoms with Crippen molar-refractivity contribution >= 4 is 11.3 Å². The molecule has 2 heterocycles. The zero-order valence-corrected chi connectivity index (χ0v) is 11.2. The number of hydrogen-bond donors (Lipinski definition) is 1. The monoisotopic (exact) mass is 252 g/mol. The van der Waals surface area contributed by atoms with Gasteiger partial charge in [0, 0.05) is 17.7 Å². The van der Waals surface area contributed by atoms with E-state index in [2.05, 4.69) is 35.9 Å². The third kappa shape index (κ3) is 2.53. The molecule has 0 saturated carbocycles. The molecule has 0 spiro atoms. The number of hydrogen-bond acceptors (Lipinski definition) is 6. The predicted molar refractivity (Wildman–Crippen MR) is 65.9 cm³/mol. The summed E-state index contributed by atoms with van der Waals surface area (Å²) >= 11 is 1.61. The van der Waals surface area contributed by atoms with E-state index < -0.39 is 6.04 Å². The Bertz CT molecular complexity index is 512. The molecule has 0 saturated heterocycles. The lowest BCUT2D eigenvalue weighted by Crippen LogP contribution is -2.16. The highest BCUT2D eigenvalue weighted by molar-refractivity contribution is 7.09. The highest BCUT2D eigenvalue weighted by Crippen LogP contribution is 2.28. The van der Waals surface area contributed by atoms with Gasteiger partial charge in [0.2, 0.25) is 5.89 Å². The van der Waals surface area contributed by atoms with Crippen molar-refractivity contribution < 1.29 is 4.52 Å². The molecule has 0 fully saturated rings. The molecule has 2 aromatic heterocycles. The molecule has 5 nitrogen and oxygen atoms in total. The zero-order chi connectivity index (χ0) is 12.6. The van der Waals surface area contributed by atoms with E-state index in [-0.39, 0.29) is 5.41 Å². The Hall–Kier alpha value is -1.27. The van der Waals surface area contributed by atoms with E-state index in [1.54, 1.807) is 18.3 Å². The van der Waals surface area contributed by atoms with Crippen LogP contribution in [0.15, 0.2) is 9.90 Å². The molecule has 1 unspecified atom stereocenters. The van der Waals surface area contributed by atoms with Crippen molar-refractivity contribution in [1.29, 1.82) is 0 Å². The number of aromatic nitrogens is 3. The third-order valence-corrected chi connectivity index (χ3v) is 3.59. The molecular weight excluding hydrogens is 236 g/mol. The van der Waals surface area contributed by atoms with Crippen molar-refractivity contribution in [1.82, 2.24) is 15.1 Å². The average Bonchev–Trinajstić information content (AvgIpc) is 2.83. The van der Waals surface area contributed by atoms with E-state index >= 15 is 0 Å². The molecule has 0 aliphatic carbocycles. The van der Waals surface area contributed by atoms with Gasteiger partial charge >= 0.3 is 0 Å². The van der Waals surface area contributed by atoms with Gasteiger partial charge < -0.3 is 10.3 Å². The summed E-state index contributed by atoms with van der Waals surface area (Å²) in [5, 5.41) is 6.83.